The van der Waals surface area contributed by atoms with Crippen molar-refractivity contribution in [3.05, 3.63) is 40.6 Å². The molecule has 10 heteroatoms. The van der Waals surface area contributed by atoms with E-state index in [1.807, 2.05) is 0 Å². The van der Waals surface area contributed by atoms with Crippen LogP contribution in [0.4, 0.5) is 4.39 Å². The fourth-order valence-corrected chi connectivity index (χ4v) is 4.97. The summed E-state index contributed by atoms with van der Waals surface area (Å²) < 4.78 is 21.7. The number of esters is 1. The molecule has 0 radical (unpaired) electrons. The Morgan fingerprint density at radius 3 is 3.00 bits per heavy atom. The quantitative estimate of drug-likeness (QED) is 0.377. The number of amides is 1. The van der Waals surface area contributed by atoms with E-state index in [1.165, 1.54) is 16.0 Å². The number of tetrazole rings is 1. The van der Waals surface area contributed by atoms with Gasteiger partial charge in [0.2, 0.25) is 6.41 Å². The monoisotopic (exact) mass is 454 g/mol. The lowest BCUT2D eigenvalue weighted by molar-refractivity contribution is -0.136. The van der Waals surface area contributed by atoms with Crippen LogP contribution in [0.3, 0.4) is 0 Å². The van der Waals surface area contributed by atoms with Gasteiger partial charge in [-0.2, -0.15) is 0 Å². The average Bonchev–Trinajstić information content (AvgIpc) is 3.49. The fraction of sp³-hybridized carbons (Fsp3) is 0.522. The maximum absolute atomic E-state index is 14.9. The summed E-state index contributed by atoms with van der Waals surface area (Å²) in [5.41, 5.74) is 4.55. The third kappa shape index (κ3) is 4.27. The molecular weight excluding hydrogens is 427 g/mol. The van der Waals surface area contributed by atoms with Crippen molar-refractivity contribution < 1.29 is 18.7 Å². The Labute approximate surface area is 191 Å². The van der Waals surface area contributed by atoms with Crippen LogP contribution in [0.25, 0.3) is 11.4 Å². The number of nitrogens with zero attached hydrogens (tertiary/aromatic N) is 6. The first-order chi connectivity index (χ1) is 16.0. The first kappa shape index (κ1) is 21.7. The highest BCUT2D eigenvalue weighted by atomic mass is 19.1. The van der Waals surface area contributed by atoms with E-state index < -0.39 is 12.1 Å². The Morgan fingerprint density at radius 1 is 1.36 bits per heavy atom. The molecule has 9 nitrogen and oxygen atoms in total. The number of alkyl halides is 1. The number of aromatic nitrogens is 4. The largest absolute Gasteiger partial charge is 0.456 e. The molecule has 1 aromatic carbocycles. The van der Waals surface area contributed by atoms with E-state index in [9.17, 15) is 14.0 Å². The van der Waals surface area contributed by atoms with Crippen molar-refractivity contribution in [3.63, 3.8) is 0 Å². The molecule has 1 aromatic heterocycles. The fourth-order valence-electron chi connectivity index (χ4n) is 4.97. The number of likely N-dealkylation sites (tertiary alicyclic amines) is 1. The minimum atomic E-state index is -0.931. The van der Waals surface area contributed by atoms with E-state index in [-0.39, 0.29) is 12.5 Å². The second-order valence-corrected chi connectivity index (χ2v) is 9.00. The molecule has 0 aliphatic carbocycles. The van der Waals surface area contributed by atoms with Crippen molar-refractivity contribution in [3.8, 4) is 11.4 Å². The van der Waals surface area contributed by atoms with Crippen LogP contribution in [-0.2, 0) is 27.3 Å². The highest BCUT2D eigenvalue weighted by Crippen LogP contribution is 2.30. The second-order valence-electron chi connectivity index (χ2n) is 9.00. The third-order valence-electron chi connectivity index (χ3n) is 7.03. The van der Waals surface area contributed by atoms with Gasteiger partial charge in [0.1, 0.15) is 12.8 Å². The van der Waals surface area contributed by atoms with Gasteiger partial charge in [-0.3, -0.25) is 4.79 Å². The first-order valence-corrected chi connectivity index (χ1v) is 11.4. The lowest BCUT2D eigenvalue weighted by Crippen LogP contribution is -2.43. The van der Waals surface area contributed by atoms with Crippen molar-refractivity contribution in [1.82, 2.24) is 30.0 Å². The summed E-state index contributed by atoms with van der Waals surface area (Å²) in [4.78, 5) is 26.7. The van der Waals surface area contributed by atoms with Crippen LogP contribution in [0.5, 0.6) is 0 Å². The molecule has 4 heterocycles. The van der Waals surface area contributed by atoms with E-state index in [1.54, 1.807) is 11.6 Å². The number of carbonyl (C=O) groups excluding carboxylic acids is 2. The number of carbonyl (C=O) groups is 2. The lowest BCUT2D eigenvalue weighted by atomic mass is 9.91. The number of cyclic esters (lactones) is 1. The van der Waals surface area contributed by atoms with Gasteiger partial charge in [-0.05, 0) is 60.2 Å². The van der Waals surface area contributed by atoms with E-state index >= 15 is 0 Å². The van der Waals surface area contributed by atoms with Crippen LogP contribution < -0.4 is 0 Å². The Bertz CT molecular complexity index is 1100. The summed E-state index contributed by atoms with van der Waals surface area (Å²) in [7, 11) is 0. The summed E-state index contributed by atoms with van der Waals surface area (Å²) in [6.07, 6.45) is 1.96. The van der Waals surface area contributed by atoms with E-state index in [2.05, 4.69) is 38.6 Å². The Kier molecular flexibility index (Phi) is 5.92. The highest BCUT2D eigenvalue weighted by Gasteiger charge is 2.31. The molecule has 1 fully saturated rings. The third-order valence-corrected chi connectivity index (χ3v) is 7.03. The van der Waals surface area contributed by atoms with Crippen LogP contribution >= 0.6 is 0 Å². The molecule has 1 amide bonds. The number of rotatable bonds is 8. The number of ether oxygens (including phenoxy) is 1. The van der Waals surface area contributed by atoms with Crippen molar-refractivity contribution in [2.24, 2.45) is 5.92 Å². The number of hydrogen-bond donors (Lipinski definition) is 0. The molecule has 5 rings (SSSR count). The number of fused-ring (bicyclic) bond motifs is 3. The molecular formula is C23H27FN6O3. The van der Waals surface area contributed by atoms with Gasteiger partial charge in [0.05, 0.1) is 17.8 Å². The maximum Gasteiger partial charge on any atom is 0.336 e. The average molecular weight is 455 g/mol. The Balaban J connectivity index is 1.10. The van der Waals surface area contributed by atoms with Gasteiger partial charge in [0.15, 0.2) is 5.82 Å². The molecule has 1 unspecified atom stereocenters. The number of hydrogen-bond acceptors (Lipinski definition) is 7. The number of benzene rings is 1. The van der Waals surface area contributed by atoms with E-state index in [0.29, 0.717) is 43.7 Å². The minimum absolute atomic E-state index is 0.0916. The van der Waals surface area contributed by atoms with Gasteiger partial charge < -0.3 is 14.5 Å². The first-order valence-electron chi connectivity index (χ1n) is 11.4. The zero-order chi connectivity index (χ0) is 22.9. The van der Waals surface area contributed by atoms with Crippen molar-refractivity contribution in [2.75, 3.05) is 32.8 Å². The van der Waals surface area contributed by atoms with Gasteiger partial charge in [-0.15, -0.1) is 5.10 Å². The molecule has 174 valence electrons. The van der Waals surface area contributed by atoms with Crippen LogP contribution in [0.2, 0.25) is 0 Å². The van der Waals surface area contributed by atoms with Gasteiger partial charge in [-0.1, -0.05) is 18.2 Å². The molecule has 0 N–H and O–H groups in total. The van der Waals surface area contributed by atoms with Crippen LogP contribution in [0.1, 0.15) is 30.9 Å². The molecule has 1 saturated heterocycles. The molecule has 2 aromatic rings. The molecule has 3 aliphatic heterocycles. The maximum atomic E-state index is 14.9. The molecule has 0 saturated carbocycles. The van der Waals surface area contributed by atoms with Gasteiger partial charge in [0.25, 0.3) is 0 Å². The van der Waals surface area contributed by atoms with Crippen LogP contribution in [-0.4, -0.2) is 81.3 Å². The van der Waals surface area contributed by atoms with Crippen LogP contribution in [0.15, 0.2) is 29.5 Å². The van der Waals surface area contributed by atoms with Gasteiger partial charge in [0, 0.05) is 25.2 Å². The normalized spacial score (nSPS) is 22.3. The minimum Gasteiger partial charge on any atom is -0.456 e. The number of piperidine rings is 1. The molecule has 33 heavy (non-hydrogen) atoms. The standard InChI is InChI=1S/C23H27FN6O3/c1-15-21(13-33-23(15)32)29(14-31)9-6-17-5-8-28(12-20(17)24)7-4-16-2-3-19-18(10-16)11-30-22(19)25-26-27-30/h2-3,10,14,17,20H,4-9,11-13H2,1H3/t17?,20-/m0/s1. The van der Waals surface area contributed by atoms with Crippen molar-refractivity contribution >= 4 is 12.4 Å². The number of halogens is 1. The predicted octanol–water partition coefficient (Wildman–Crippen LogP) is 1.58. The van der Waals surface area contributed by atoms with Gasteiger partial charge >= 0.3 is 5.97 Å². The Morgan fingerprint density at radius 2 is 2.24 bits per heavy atom. The van der Waals surface area contributed by atoms with E-state index in [4.69, 9.17) is 4.74 Å². The van der Waals surface area contributed by atoms with E-state index in [0.717, 1.165) is 37.3 Å². The van der Waals surface area contributed by atoms with Crippen molar-refractivity contribution in [2.45, 2.75) is 38.9 Å². The predicted molar refractivity (Wildman–Crippen MR) is 117 cm³/mol. The molecule has 2 atom stereocenters. The summed E-state index contributed by atoms with van der Waals surface area (Å²) in [5, 5.41) is 11.8. The topological polar surface area (TPSA) is 93.5 Å². The van der Waals surface area contributed by atoms with Crippen molar-refractivity contribution in [1.29, 1.82) is 0 Å². The summed E-state index contributed by atoms with van der Waals surface area (Å²) in [6, 6.07) is 6.36. The van der Waals surface area contributed by atoms with Gasteiger partial charge in [-0.25, -0.2) is 13.9 Å². The molecule has 3 aliphatic rings. The molecule has 0 bridgehead atoms. The molecule has 0 spiro atoms. The summed E-state index contributed by atoms with van der Waals surface area (Å²) in [5.74, 6) is 0.327. The highest BCUT2D eigenvalue weighted by molar-refractivity contribution is 5.91. The zero-order valence-electron chi connectivity index (χ0n) is 18.6. The summed E-state index contributed by atoms with van der Waals surface area (Å²) in [6.45, 7) is 4.91. The SMILES string of the molecule is CC1=C(N(C=O)CCC2CCN(CCc3ccc4c(c3)Cn3nnnc3-4)C[C@@H]2F)COC1=O. The smallest absolute Gasteiger partial charge is 0.336 e. The zero-order valence-corrected chi connectivity index (χ0v) is 18.6. The lowest BCUT2D eigenvalue weighted by Gasteiger charge is -2.35. The summed E-state index contributed by atoms with van der Waals surface area (Å²) >= 11 is 0. The second kappa shape index (κ2) is 9.01. The Hall–Kier alpha value is -3.14. The van der Waals surface area contributed by atoms with Crippen LogP contribution in [0, 0.1) is 5.92 Å².